The quantitative estimate of drug-likeness (QED) is 0.600. The maximum absolute atomic E-state index is 4.95. The van der Waals surface area contributed by atoms with E-state index in [1.807, 2.05) is 0 Å². The first-order valence-corrected chi connectivity index (χ1v) is 7.12. The average molecular weight is 327 g/mol. The molecule has 0 aliphatic rings. The minimum absolute atomic E-state index is 0. The molecule has 6 heteroatoms. The van der Waals surface area contributed by atoms with Crippen molar-refractivity contribution in [2.24, 2.45) is 0 Å². The fourth-order valence-electron chi connectivity index (χ4n) is 0. The molecule has 0 radical (unpaired) electrons. The maximum Gasteiger partial charge on any atom is 0 e. The van der Waals surface area contributed by atoms with Crippen LogP contribution in [0.1, 0.15) is 0 Å². The van der Waals surface area contributed by atoms with E-state index in [0.717, 1.165) is 0 Å². The molecule has 0 aliphatic heterocycles. The molecule has 0 bridgehead atoms. The van der Waals surface area contributed by atoms with E-state index in [0.29, 0.717) is 0 Å². The first-order chi connectivity index (χ1) is 1.73. The monoisotopic (exact) mass is 327 g/mol. The molecule has 0 rings (SSSR count). The Kier molecular flexibility index (Phi) is 26.5. The minimum atomic E-state index is -1.75. The third-order valence-corrected chi connectivity index (χ3v) is 0. The van der Waals surface area contributed by atoms with Gasteiger partial charge in [-0.1, -0.05) is 0 Å². The van der Waals surface area contributed by atoms with Crippen LogP contribution in [0, 0.1) is 0 Å². The molecule has 0 aliphatic carbocycles. The molecule has 0 aromatic rings. The van der Waals surface area contributed by atoms with Crippen LogP contribution in [0.4, 0.5) is 0 Å². The van der Waals surface area contributed by atoms with Gasteiger partial charge >= 0.3 is 42.1 Å². The molecule has 0 heterocycles. The van der Waals surface area contributed by atoms with Crippen LogP contribution in [0.5, 0.6) is 0 Å². The molecule has 0 amide bonds. The predicted molar refractivity (Wildman–Crippen MR) is 21.2 cm³/mol. The summed E-state index contributed by atoms with van der Waals surface area (Å²) in [6.45, 7) is 0. The average Bonchev–Trinajstić information content (AvgIpc) is 0.811. The number of hydrogen-bond acceptors (Lipinski definition) is 0. The van der Waals surface area contributed by atoms with E-state index in [-0.39, 0.29) is 25.0 Å². The molecule has 0 aromatic heterocycles. The van der Waals surface area contributed by atoms with Crippen LogP contribution < -0.4 is 0 Å². The van der Waals surface area contributed by atoms with Crippen molar-refractivity contribution < 1.29 is 37.9 Å². The summed E-state index contributed by atoms with van der Waals surface area (Å²) < 4.78 is 0. The molecule has 6 heavy (non-hydrogen) atoms. The van der Waals surface area contributed by atoms with Gasteiger partial charge in [-0.25, -0.2) is 0 Å². The Labute approximate surface area is 66.4 Å². The molecular weight excluding hydrogens is 324 g/mol. The topological polar surface area (TPSA) is 31.5 Å². The van der Waals surface area contributed by atoms with Crippen LogP contribution in [0.25, 0.3) is 0 Å². The Balaban J connectivity index is -0.0000000450. The van der Waals surface area contributed by atoms with Crippen molar-refractivity contribution >= 4 is 29.1 Å². The van der Waals surface area contributed by atoms with Crippen molar-refractivity contribution in [2.45, 2.75) is 0 Å². The van der Waals surface area contributed by atoms with Crippen LogP contribution in [0.15, 0.2) is 0 Å². The summed E-state index contributed by atoms with van der Waals surface area (Å²) >= 11 is -1.75. The maximum atomic E-state index is 4.95. The third kappa shape index (κ3) is 36.3. The standard InChI is InChI=1S/3ClH.H2O.2Ru/h3*1H;1H2;;/q;;;;;+3/p-3. The van der Waals surface area contributed by atoms with Crippen LogP contribution >= 0.6 is 29.1 Å². The molecule has 45 valence electrons. The number of rotatable bonds is 0. The zero-order valence-corrected chi connectivity index (χ0v) is 8.08. The van der Waals surface area contributed by atoms with Gasteiger partial charge in [0.05, 0.1) is 0 Å². The zero-order valence-electron chi connectivity index (χ0n) is 2.34. The second kappa shape index (κ2) is 10.1. The van der Waals surface area contributed by atoms with Crippen molar-refractivity contribution in [3.63, 3.8) is 0 Å². The molecule has 0 unspecified atom stereocenters. The predicted octanol–water partition coefficient (Wildman–Crippen LogP) is 1.24. The van der Waals surface area contributed by atoms with Gasteiger partial charge in [-0.3, -0.25) is 0 Å². The Morgan fingerprint density at radius 3 is 1.00 bits per heavy atom. The Hall–Kier alpha value is 2.08. The van der Waals surface area contributed by atoms with E-state index in [1.54, 1.807) is 0 Å². The Morgan fingerprint density at radius 2 is 1.00 bits per heavy atom. The fourth-order valence-corrected chi connectivity index (χ4v) is 0. The van der Waals surface area contributed by atoms with Gasteiger partial charge in [-0.2, -0.15) is 0 Å². The summed E-state index contributed by atoms with van der Waals surface area (Å²) in [5.41, 5.74) is 0. The molecule has 0 saturated heterocycles. The van der Waals surface area contributed by atoms with E-state index in [4.69, 9.17) is 29.1 Å². The molecule has 0 saturated carbocycles. The first kappa shape index (κ1) is 15.7. The molecule has 0 spiro atoms. The summed E-state index contributed by atoms with van der Waals surface area (Å²) in [6.07, 6.45) is 0. The summed E-state index contributed by atoms with van der Waals surface area (Å²) in [4.78, 5) is 0. The minimum Gasteiger partial charge on any atom is 0 e. The number of halogens is 3. The van der Waals surface area contributed by atoms with Gasteiger partial charge in [-0.05, 0) is 0 Å². The Bertz CT molecular complexity index is 13.5. The molecule has 0 atom stereocenters. The second-order valence-corrected chi connectivity index (χ2v) is 8.07. The second-order valence-electron chi connectivity index (χ2n) is 0.152. The summed E-state index contributed by atoms with van der Waals surface area (Å²) in [6, 6.07) is 0. The van der Waals surface area contributed by atoms with Gasteiger partial charge in [0.15, 0.2) is 0 Å². The van der Waals surface area contributed by atoms with Crippen molar-refractivity contribution in [1.29, 1.82) is 0 Å². The van der Waals surface area contributed by atoms with E-state index in [2.05, 4.69) is 0 Å². The summed E-state index contributed by atoms with van der Waals surface area (Å²) in [5.74, 6) is 0. The van der Waals surface area contributed by atoms with E-state index >= 15 is 0 Å². The van der Waals surface area contributed by atoms with Crippen molar-refractivity contribution in [3.05, 3.63) is 0 Å². The Morgan fingerprint density at radius 1 is 1.00 bits per heavy atom. The first-order valence-electron chi connectivity index (χ1n) is 0.401. The van der Waals surface area contributed by atoms with Crippen molar-refractivity contribution in [1.82, 2.24) is 0 Å². The summed E-state index contributed by atoms with van der Waals surface area (Å²) in [5, 5.41) is 0. The van der Waals surface area contributed by atoms with Gasteiger partial charge in [0.1, 0.15) is 0 Å². The van der Waals surface area contributed by atoms with E-state index in [1.165, 1.54) is 0 Å². The van der Waals surface area contributed by atoms with Gasteiger partial charge < -0.3 is 5.48 Å². The fraction of sp³-hybridized carbons (Fsp3) is 0. The van der Waals surface area contributed by atoms with Crippen LogP contribution in [0.2, 0.25) is 0 Å². The van der Waals surface area contributed by atoms with Gasteiger partial charge in [-0.15, -0.1) is 0 Å². The van der Waals surface area contributed by atoms with E-state index in [9.17, 15) is 0 Å². The molecular formula is H2Cl3ORu2. The zero-order chi connectivity index (χ0) is 3.58. The largest absolute Gasteiger partial charge is 0 e. The SMILES string of the molecule is O.[Cl][Ru]([Cl])[Cl].[Ru]. The van der Waals surface area contributed by atoms with Crippen LogP contribution in [0.3, 0.4) is 0 Å². The molecule has 1 nitrogen and oxygen atoms in total. The smallest absolute Gasteiger partial charge is 0 e. The molecule has 0 aromatic carbocycles. The van der Waals surface area contributed by atoms with Crippen LogP contribution in [-0.4, -0.2) is 5.48 Å². The van der Waals surface area contributed by atoms with Crippen LogP contribution in [-0.2, 0) is 32.5 Å². The van der Waals surface area contributed by atoms with Gasteiger partial charge in [0, 0.05) is 19.5 Å². The number of hydrogen-bond donors (Lipinski definition) is 0. The van der Waals surface area contributed by atoms with Gasteiger partial charge in [0.2, 0.25) is 0 Å². The van der Waals surface area contributed by atoms with E-state index < -0.39 is 13.0 Å². The van der Waals surface area contributed by atoms with Crippen molar-refractivity contribution in [2.75, 3.05) is 0 Å². The molecule has 2 N–H and O–H groups in total. The normalized spacial score (nSPS) is 7.50. The summed E-state index contributed by atoms with van der Waals surface area (Å²) in [7, 11) is 14.8. The third-order valence-electron chi connectivity index (χ3n) is 0. The van der Waals surface area contributed by atoms with Crippen molar-refractivity contribution in [3.8, 4) is 0 Å². The molecule has 0 fully saturated rings. The van der Waals surface area contributed by atoms with Gasteiger partial charge in [0.25, 0.3) is 0 Å².